The molecule has 1 amide bonds. The average Bonchev–Trinajstić information content (AvgIpc) is 3.09. The summed E-state index contributed by atoms with van der Waals surface area (Å²) in [6.45, 7) is 0.337. The van der Waals surface area contributed by atoms with Crippen molar-refractivity contribution in [3.8, 4) is 0 Å². The lowest BCUT2D eigenvalue weighted by Gasteiger charge is -2.22. The Bertz CT molecular complexity index is 822. The molecule has 7 nitrogen and oxygen atoms in total. The summed E-state index contributed by atoms with van der Waals surface area (Å²) in [5, 5.41) is 2.92. The number of hydrogen-bond acceptors (Lipinski definition) is 5. The lowest BCUT2D eigenvalue weighted by atomic mass is 10.2. The van der Waals surface area contributed by atoms with Gasteiger partial charge >= 0.3 is 0 Å². The first kappa shape index (κ1) is 20.4. The average molecular weight is 400 g/mol. The van der Waals surface area contributed by atoms with Gasteiger partial charge in [0.25, 0.3) is 0 Å². The molecule has 2 N–H and O–H groups in total. The first-order valence-electron chi connectivity index (χ1n) is 8.02. The molecule has 1 unspecified atom stereocenters. The normalized spacial score (nSPS) is 12.9. The smallest absolute Gasteiger partial charge is 0.242 e. The number of halogens is 1. The molecule has 9 heteroatoms. The quantitative estimate of drug-likeness (QED) is 0.673. The standard InChI is InChI=1S/C17H22ClN3O4S/c1-21(2)14(15-7-5-11-25-15)12-19-17(22)9-10-20-26(23,24)16-8-4-3-6-13(16)18/h3-8,11,14,20H,9-10,12H2,1-2H3,(H,19,22). The molecule has 1 aromatic carbocycles. The molecular formula is C17H22ClN3O4S. The molecule has 2 aromatic rings. The predicted molar refractivity (Wildman–Crippen MR) is 99.4 cm³/mol. The fraction of sp³-hybridized carbons (Fsp3) is 0.353. The molecule has 0 saturated heterocycles. The summed E-state index contributed by atoms with van der Waals surface area (Å²) in [5.74, 6) is 0.486. The molecule has 0 radical (unpaired) electrons. The van der Waals surface area contributed by atoms with Gasteiger partial charge in [-0.3, -0.25) is 9.69 Å². The van der Waals surface area contributed by atoms with Gasteiger partial charge < -0.3 is 9.73 Å². The topological polar surface area (TPSA) is 91.7 Å². The fourth-order valence-corrected chi connectivity index (χ4v) is 3.91. The van der Waals surface area contributed by atoms with Crippen molar-refractivity contribution in [2.75, 3.05) is 27.2 Å². The second kappa shape index (κ2) is 9.18. The molecule has 0 aliphatic rings. The second-order valence-corrected chi connectivity index (χ2v) is 8.02. The minimum absolute atomic E-state index is 0.00688. The van der Waals surface area contributed by atoms with E-state index in [1.54, 1.807) is 24.5 Å². The van der Waals surface area contributed by atoms with E-state index in [1.807, 2.05) is 25.1 Å². The number of carbonyl (C=O) groups is 1. The van der Waals surface area contributed by atoms with Crippen molar-refractivity contribution in [2.24, 2.45) is 0 Å². The van der Waals surface area contributed by atoms with Crippen molar-refractivity contribution < 1.29 is 17.6 Å². The van der Waals surface area contributed by atoms with Crippen molar-refractivity contribution >= 4 is 27.5 Å². The molecule has 0 aliphatic heterocycles. The van der Waals surface area contributed by atoms with E-state index >= 15 is 0 Å². The number of nitrogens with zero attached hydrogens (tertiary/aromatic N) is 1. The molecule has 1 aromatic heterocycles. The summed E-state index contributed by atoms with van der Waals surface area (Å²) in [6.07, 6.45) is 1.60. The van der Waals surface area contributed by atoms with Crippen molar-refractivity contribution in [3.05, 3.63) is 53.4 Å². The number of rotatable bonds is 9. The van der Waals surface area contributed by atoms with Crippen LogP contribution in [-0.4, -0.2) is 46.4 Å². The number of hydrogen-bond donors (Lipinski definition) is 2. The highest BCUT2D eigenvalue weighted by Gasteiger charge is 2.19. The zero-order chi connectivity index (χ0) is 19.2. The summed E-state index contributed by atoms with van der Waals surface area (Å²) in [6, 6.07) is 9.67. The van der Waals surface area contributed by atoms with Crippen LogP contribution in [0.2, 0.25) is 5.02 Å². The lowest BCUT2D eigenvalue weighted by Crippen LogP contribution is -2.36. The molecular weight excluding hydrogens is 378 g/mol. The van der Waals surface area contributed by atoms with E-state index in [0.717, 1.165) is 5.76 Å². The highest BCUT2D eigenvalue weighted by molar-refractivity contribution is 7.89. The third-order valence-corrected chi connectivity index (χ3v) is 5.72. The number of carbonyl (C=O) groups excluding carboxylic acids is 1. The van der Waals surface area contributed by atoms with Crippen LogP contribution in [0, 0.1) is 0 Å². The van der Waals surface area contributed by atoms with Gasteiger partial charge in [0.2, 0.25) is 15.9 Å². The van der Waals surface area contributed by atoms with Crippen LogP contribution in [0.15, 0.2) is 52.0 Å². The highest BCUT2D eigenvalue weighted by Crippen LogP contribution is 2.20. The van der Waals surface area contributed by atoms with Gasteiger partial charge in [-0.1, -0.05) is 23.7 Å². The molecule has 26 heavy (non-hydrogen) atoms. The van der Waals surface area contributed by atoms with Gasteiger partial charge in [0.15, 0.2) is 0 Å². The van der Waals surface area contributed by atoms with E-state index in [-0.39, 0.29) is 34.8 Å². The van der Waals surface area contributed by atoms with E-state index in [4.69, 9.17) is 16.0 Å². The van der Waals surface area contributed by atoms with Crippen LogP contribution in [0.3, 0.4) is 0 Å². The number of amides is 1. The van der Waals surface area contributed by atoms with Gasteiger partial charge in [-0.05, 0) is 38.4 Å². The van der Waals surface area contributed by atoms with Crippen LogP contribution in [0.4, 0.5) is 0 Å². The van der Waals surface area contributed by atoms with E-state index < -0.39 is 10.0 Å². The van der Waals surface area contributed by atoms with E-state index in [1.165, 1.54) is 12.1 Å². The minimum atomic E-state index is -3.75. The zero-order valence-corrected chi connectivity index (χ0v) is 16.2. The molecule has 0 spiro atoms. The Morgan fingerprint density at radius 2 is 1.96 bits per heavy atom. The number of benzene rings is 1. The SMILES string of the molecule is CN(C)C(CNC(=O)CCNS(=O)(=O)c1ccccc1Cl)c1ccco1. The Labute approximate surface area is 158 Å². The van der Waals surface area contributed by atoms with Crippen LogP contribution in [-0.2, 0) is 14.8 Å². The van der Waals surface area contributed by atoms with Crippen LogP contribution < -0.4 is 10.0 Å². The Balaban J connectivity index is 1.83. The first-order valence-corrected chi connectivity index (χ1v) is 9.88. The number of nitrogens with one attached hydrogen (secondary N) is 2. The maximum Gasteiger partial charge on any atom is 0.242 e. The van der Waals surface area contributed by atoms with Crippen LogP contribution in [0.25, 0.3) is 0 Å². The van der Waals surface area contributed by atoms with Crippen molar-refractivity contribution in [1.29, 1.82) is 0 Å². The summed E-state index contributed by atoms with van der Waals surface area (Å²) >= 11 is 5.90. The summed E-state index contributed by atoms with van der Waals surface area (Å²) in [5.41, 5.74) is 0. The molecule has 0 saturated carbocycles. The third-order valence-electron chi connectivity index (χ3n) is 3.76. The zero-order valence-electron chi connectivity index (χ0n) is 14.6. The molecule has 0 bridgehead atoms. The lowest BCUT2D eigenvalue weighted by molar-refractivity contribution is -0.121. The molecule has 2 rings (SSSR count). The molecule has 1 atom stereocenters. The van der Waals surface area contributed by atoms with Crippen molar-refractivity contribution in [1.82, 2.24) is 14.9 Å². The summed E-state index contributed by atoms with van der Waals surface area (Å²) in [7, 11) is 0.0200. The largest absolute Gasteiger partial charge is 0.468 e. The fourth-order valence-electron chi connectivity index (χ4n) is 2.36. The Morgan fingerprint density at radius 3 is 2.58 bits per heavy atom. The van der Waals surface area contributed by atoms with E-state index in [9.17, 15) is 13.2 Å². The Hall–Kier alpha value is -1.87. The molecule has 0 fully saturated rings. The number of furan rings is 1. The maximum absolute atomic E-state index is 12.2. The van der Waals surface area contributed by atoms with Gasteiger partial charge in [0.1, 0.15) is 10.7 Å². The highest BCUT2D eigenvalue weighted by atomic mass is 35.5. The Morgan fingerprint density at radius 1 is 1.23 bits per heavy atom. The molecule has 142 valence electrons. The van der Waals surface area contributed by atoms with Crippen molar-refractivity contribution in [2.45, 2.75) is 17.4 Å². The van der Waals surface area contributed by atoms with Crippen LogP contribution in [0.5, 0.6) is 0 Å². The maximum atomic E-state index is 12.2. The van der Waals surface area contributed by atoms with Crippen molar-refractivity contribution in [3.63, 3.8) is 0 Å². The van der Waals surface area contributed by atoms with Crippen LogP contribution in [0.1, 0.15) is 18.2 Å². The monoisotopic (exact) mass is 399 g/mol. The number of sulfonamides is 1. The second-order valence-electron chi connectivity index (χ2n) is 5.88. The van der Waals surface area contributed by atoms with Gasteiger partial charge in [-0.15, -0.1) is 0 Å². The third kappa shape index (κ3) is 5.57. The van der Waals surface area contributed by atoms with E-state index in [0.29, 0.717) is 6.54 Å². The molecule has 0 aliphatic carbocycles. The summed E-state index contributed by atoms with van der Waals surface area (Å²) in [4.78, 5) is 13.9. The molecule has 1 heterocycles. The Kier molecular flexibility index (Phi) is 7.22. The number of likely N-dealkylation sites (N-methyl/N-ethyl adjacent to an activating group) is 1. The van der Waals surface area contributed by atoms with E-state index in [2.05, 4.69) is 10.0 Å². The van der Waals surface area contributed by atoms with Gasteiger partial charge in [0.05, 0.1) is 17.3 Å². The van der Waals surface area contributed by atoms with Gasteiger partial charge in [0, 0.05) is 19.5 Å². The van der Waals surface area contributed by atoms with Gasteiger partial charge in [-0.2, -0.15) is 0 Å². The summed E-state index contributed by atoms with van der Waals surface area (Å²) < 4.78 is 32.2. The first-order chi connectivity index (χ1) is 12.3. The predicted octanol–water partition coefficient (Wildman–Crippen LogP) is 2.02. The minimum Gasteiger partial charge on any atom is -0.468 e. The van der Waals surface area contributed by atoms with Gasteiger partial charge in [-0.25, -0.2) is 13.1 Å². The van der Waals surface area contributed by atoms with Crippen LogP contribution >= 0.6 is 11.6 Å².